The molecule has 12 nitrogen and oxygen atoms in total. The molecule has 0 aliphatic heterocycles. The van der Waals surface area contributed by atoms with E-state index in [2.05, 4.69) is 226 Å². The number of nitrogens with zero attached hydrogens (tertiary/aromatic N) is 8. The molecule has 105 heavy (non-hydrogen) atoms. The molecular weight excluding hydrogens is 1360 g/mol. The molecule has 16 rings (SSSR count). The summed E-state index contributed by atoms with van der Waals surface area (Å²) in [6.45, 7) is 9.90. The van der Waals surface area contributed by atoms with Crippen LogP contribution in [0.5, 0.6) is 23.3 Å². The van der Waals surface area contributed by atoms with Gasteiger partial charge in [0.1, 0.15) is 23.1 Å². The van der Waals surface area contributed by atoms with Crippen LogP contribution in [0.1, 0.15) is 33.4 Å². The number of ether oxygens (including phenoxy) is 2. The molecule has 0 bridgehead atoms. The summed E-state index contributed by atoms with van der Waals surface area (Å²) in [5, 5.41) is 5.20. The predicted molar refractivity (Wildman–Crippen MR) is 434 cm³/mol. The SMILES string of the molecule is Cc1cccc(C)c1-n1c(-c2ccc(N(Cc3ccccc3)c3cccc(Cl)c3Cl)cc2)nc2ccccc21.Cc1cccc(C)c1-n1c(-c2ccc(N(Cc3ccccc3)c3cccc(Nc4ccc(Oc5ccccn5)cc4)c3Cl)cc2)nc2ccccc21.Nc1ccc(Oc2ccccn2)cc1. The van der Waals surface area contributed by atoms with E-state index in [9.17, 15) is 0 Å². The van der Waals surface area contributed by atoms with Crippen LogP contribution in [-0.2, 0) is 13.1 Å². The zero-order valence-electron chi connectivity index (χ0n) is 58.2. The number of anilines is 7. The fourth-order valence-corrected chi connectivity index (χ4v) is 13.5. The number of benzene rings is 12. The fraction of sp³-hybridized carbons (Fsp3) is 0.0667. The Balaban J connectivity index is 0.000000153. The second-order valence-electron chi connectivity index (χ2n) is 25.2. The highest BCUT2D eigenvalue weighted by atomic mass is 35.5. The highest BCUT2D eigenvalue weighted by molar-refractivity contribution is 6.43. The second-order valence-corrected chi connectivity index (χ2v) is 26.4. The third kappa shape index (κ3) is 16.1. The van der Waals surface area contributed by atoms with Crippen molar-refractivity contribution >= 4 is 96.7 Å². The lowest BCUT2D eigenvalue weighted by Crippen LogP contribution is -2.17. The first kappa shape index (κ1) is 69.6. The van der Waals surface area contributed by atoms with Gasteiger partial charge in [0.25, 0.3) is 0 Å². The Morgan fingerprint density at radius 2 is 0.781 bits per heavy atom. The van der Waals surface area contributed by atoms with E-state index in [-0.39, 0.29) is 0 Å². The van der Waals surface area contributed by atoms with Crippen LogP contribution in [0.2, 0.25) is 15.1 Å². The van der Waals surface area contributed by atoms with Crippen LogP contribution in [-0.4, -0.2) is 29.1 Å². The van der Waals surface area contributed by atoms with Crippen LogP contribution < -0.4 is 30.3 Å². The molecule has 4 heterocycles. The summed E-state index contributed by atoms with van der Waals surface area (Å²) in [7, 11) is 0. The number of aryl methyl sites for hydroxylation is 4. The number of hydrogen-bond donors (Lipinski definition) is 2. The molecule has 0 radical (unpaired) electrons. The molecule has 0 aliphatic rings. The molecule has 0 saturated carbocycles. The van der Waals surface area contributed by atoms with Gasteiger partial charge < -0.3 is 30.3 Å². The second kappa shape index (κ2) is 32.3. The lowest BCUT2D eigenvalue weighted by atomic mass is 10.1. The van der Waals surface area contributed by atoms with Gasteiger partial charge in [-0.15, -0.1) is 0 Å². The van der Waals surface area contributed by atoms with Crippen molar-refractivity contribution < 1.29 is 9.47 Å². The van der Waals surface area contributed by atoms with Crippen molar-refractivity contribution in [2.24, 2.45) is 0 Å². The maximum atomic E-state index is 7.25. The molecule has 0 fully saturated rings. The third-order valence-electron chi connectivity index (χ3n) is 17.9. The van der Waals surface area contributed by atoms with E-state index in [1.54, 1.807) is 30.6 Å². The molecule has 16 aromatic rings. The van der Waals surface area contributed by atoms with Crippen molar-refractivity contribution in [2.75, 3.05) is 20.9 Å². The molecule has 12 aromatic carbocycles. The number of hydrogen-bond acceptors (Lipinski definition) is 10. The Kier molecular flexibility index (Phi) is 21.4. The van der Waals surface area contributed by atoms with Crippen molar-refractivity contribution in [3.05, 3.63) is 376 Å². The van der Waals surface area contributed by atoms with Crippen molar-refractivity contribution in [3.8, 4) is 57.4 Å². The van der Waals surface area contributed by atoms with Crippen LogP contribution in [0.15, 0.2) is 328 Å². The average molecular weight is 1430 g/mol. The Morgan fingerprint density at radius 1 is 0.381 bits per heavy atom. The molecule has 0 saturated heterocycles. The van der Waals surface area contributed by atoms with Crippen LogP contribution >= 0.6 is 34.8 Å². The molecular formula is C90H73Cl3N10O2. The highest BCUT2D eigenvalue weighted by Gasteiger charge is 2.23. The van der Waals surface area contributed by atoms with Gasteiger partial charge in [0.15, 0.2) is 0 Å². The summed E-state index contributed by atoms with van der Waals surface area (Å²) in [6.07, 6.45) is 3.40. The largest absolute Gasteiger partial charge is 0.439 e. The Hall–Kier alpha value is -12.5. The van der Waals surface area contributed by atoms with Gasteiger partial charge in [-0.05, 0) is 219 Å². The smallest absolute Gasteiger partial charge is 0.219 e. The quantitative estimate of drug-likeness (QED) is 0.0803. The molecule has 0 atom stereocenters. The molecule has 0 aliphatic carbocycles. The molecule has 0 spiro atoms. The van der Waals surface area contributed by atoms with E-state index in [0.717, 1.165) is 96.1 Å². The molecule has 516 valence electrons. The van der Waals surface area contributed by atoms with Crippen LogP contribution in [0.3, 0.4) is 0 Å². The minimum atomic E-state index is 0.533. The van der Waals surface area contributed by atoms with Gasteiger partial charge in [-0.1, -0.05) is 180 Å². The van der Waals surface area contributed by atoms with E-state index in [1.165, 1.54) is 39.1 Å². The molecule has 3 N–H and O–H groups in total. The van der Waals surface area contributed by atoms with Gasteiger partial charge in [-0.2, -0.15) is 0 Å². The minimum Gasteiger partial charge on any atom is -0.439 e. The van der Waals surface area contributed by atoms with Crippen molar-refractivity contribution in [2.45, 2.75) is 40.8 Å². The lowest BCUT2D eigenvalue weighted by Gasteiger charge is -2.27. The van der Waals surface area contributed by atoms with Gasteiger partial charge in [-0.3, -0.25) is 9.13 Å². The minimum absolute atomic E-state index is 0.533. The standard InChI is InChI=1S/C45H36ClN5O.C34H27Cl2N3.C11H10N2O/c1-31-12-10-13-32(2)44(31)51-40-18-7-6-16-38(40)49-45(51)34-21-25-36(26-22-34)50(30-33-14-4-3-5-15-33)41-19-11-17-39(43(41)46)48-35-23-27-37(28-24-35)52-42-20-8-9-29-47-42;1-23-10-8-11-24(2)33(23)39-30-16-7-6-15-29(30)37-34(39)26-18-20-27(21-19-26)38(22-25-12-4-3-5-13-25)31-17-9-14-28(35)32(31)36;12-9-4-6-10(7-5-9)14-11-3-1-2-8-13-11/h3-29,48H,30H2,1-2H3;3-21H,22H2,1-2H3;1-8H,12H2. The van der Waals surface area contributed by atoms with Gasteiger partial charge in [-0.25, -0.2) is 19.9 Å². The molecule has 15 heteroatoms. The first-order chi connectivity index (χ1) is 51.4. The summed E-state index contributed by atoms with van der Waals surface area (Å²) in [5.74, 6) is 4.38. The third-order valence-corrected chi connectivity index (χ3v) is 19.1. The van der Waals surface area contributed by atoms with E-state index in [4.69, 9.17) is 60.0 Å². The monoisotopic (exact) mass is 1430 g/mol. The molecule has 0 unspecified atom stereocenters. The summed E-state index contributed by atoms with van der Waals surface area (Å²) in [6, 6.07) is 105. The summed E-state index contributed by atoms with van der Waals surface area (Å²) in [5.41, 5.74) is 27.4. The maximum Gasteiger partial charge on any atom is 0.219 e. The first-order valence-corrected chi connectivity index (χ1v) is 35.6. The zero-order chi connectivity index (χ0) is 72.2. The van der Waals surface area contributed by atoms with Crippen molar-refractivity contribution in [1.82, 2.24) is 29.1 Å². The van der Waals surface area contributed by atoms with Gasteiger partial charge in [0, 0.05) is 71.5 Å². The average Bonchev–Trinajstić information content (AvgIpc) is 1.63. The molecule has 0 amide bonds. The van der Waals surface area contributed by atoms with Gasteiger partial charge in [0.2, 0.25) is 11.8 Å². The van der Waals surface area contributed by atoms with E-state index >= 15 is 0 Å². The number of pyridine rings is 2. The number of nitrogens with two attached hydrogens (primary N) is 1. The van der Waals surface area contributed by atoms with Gasteiger partial charge in [0.05, 0.1) is 65.6 Å². The van der Waals surface area contributed by atoms with Crippen LogP contribution in [0.4, 0.5) is 39.8 Å². The van der Waals surface area contributed by atoms with E-state index in [0.29, 0.717) is 45.7 Å². The Bertz CT molecular complexity index is 5570. The number of fused-ring (bicyclic) bond motifs is 2. The number of nitrogens with one attached hydrogen (secondary N) is 1. The predicted octanol–water partition coefficient (Wildman–Crippen LogP) is 24.6. The zero-order valence-corrected chi connectivity index (χ0v) is 60.5. The number of imidazole rings is 2. The van der Waals surface area contributed by atoms with Crippen molar-refractivity contribution in [3.63, 3.8) is 0 Å². The van der Waals surface area contributed by atoms with Crippen LogP contribution in [0.25, 0.3) is 56.2 Å². The number of halogens is 3. The normalized spacial score (nSPS) is 10.9. The summed E-state index contributed by atoms with van der Waals surface area (Å²) in [4.78, 5) is 23.0. The number of nitrogen functional groups attached to an aromatic ring is 1. The summed E-state index contributed by atoms with van der Waals surface area (Å²) < 4.78 is 15.9. The fourth-order valence-electron chi connectivity index (χ4n) is 12.8. The number of para-hydroxylation sites is 6. The maximum absolute atomic E-state index is 7.25. The summed E-state index contributed by atoms with van der Waals surface area (Å²) >= 11 is 20.4. The molecule has 4 aromatic heterocycles. The Morgan fingerprint density at radius 3 is 1.23 bits per heavy atom. The van der Waals surface area contributed by atoms with Gasteiger partial charge >= 0.3 is 0 Å². The Labute approximate surface area is 626 Å². The van der Waals surface area contributed by atoms with Crippen LogP contribution in [0, 0.1) is 27.7 Å². The number of rotatable bonds is 18. The van der Waals surface area contributed by atoms with Crippen molar-refractivity contribution in [1.29, 1.82) is 0 Å². The highest BCUT2D eigenvalue weighted by Crippen LogP contribution is 2.43. The van der Waals surface area contributed by atoms with E-state index in [1.807, 2.05) is 133 Å². The first-order valence-electron chi connectivity index (χ1n) is 34.4. The topological polar surface area (TPSA) is 124 Å². The number of aromatic nitrogens is 6. The van der Waals surface area contributed by atoms with E-state index < -0.39 is 0 Å². The lowest BCUT2D eigenvalue weighted by molar-refractivity contribution is 0.463.